The van der Waals surface area contributed by atoms with Gasteiger partial charge in [-0.1, -0.05) is 24.3 Å². The van der Waals surface area contributed by atoms with Gasteiger partial charge in [0, 0.05) is 50.0 Å². The quantitative estimate of drug-likeness (QED) is 0.517. The Morgan fingerprint density at radius 1 is 1.06 bits per heavy atom. The number of ketones is 1. The maximum Gasteiger partial charge on any atom is 0.229 e. The largest absolute Gasteiger partial charge is 0.367 e. The number of aryl methyl sites for hydroxylation is 1. The molecule has 0 atom stereocenters. The van der Waals surface area contributed by atoms with Crippen molar-refractivity contribution < 1.29 is 4.79 Å². The number of carbonyl (C=O) groups excluding carboxylic acids is 1. The number of anilines is 2. The Labute approximate surface area is 194 Å². The average molecular weight is 448 g/mol. The molecule has 1 aliphatic heterocycles. The summed E-state index contributed by atoms with van der Waals surface area (Å²) in [5.74, 6) is 1.44. The SMILES string of the molecule is Cc1ccccc1C(=O)c1c[nH]c2nc(N3CCN(C)CC3)nc(N[C@H]3CC[C@@H](N)CC3)c12. The van der Waals surface area contributed by atoms with Gasteiger partial charge in [-0.25, -0.2) is 0 Å². The summed E-state index contributed by atoms with van der Waals surface area (Å²) in [4.78, 5) is 31.1. The van der Waals surface area contributed by atoms with Gasteiger partial charge in [-0.05, 0) is 45.2 Å². The summed E-state index contributed by atoms with van der Waals surface area (Å²) in [6.45, 7) is 5.69. The number of H-pyrrole nitrogens is 1. The number of likely N-dealkylation sites (N-methyl/N-ethyl adjacent to an activating group) is 1. The molecule has 2 aromatic heterocycles. The second-order valence-corrected chi connectivity index (χ2v) is 9.49. The first kappa shape index (κ1) is 21.9. The maximum atomic E-state index is 13.5. The predicted molar refractivity (Wildman–Crippen MR) is 132 cm³/mol. The minimum Gasteiger partial charge on any atom is -0.367 e. The summed E-state index contributed by atoms with van der Waals surface area (Å²) in [6.07, 6.45) is 5.78. The highest BCUT2D eigenvalue weighted by Gasteiger charge is 2.26. The van der Waals surface area contributed by atoms with Crippen LogP contribution in [0.3, 0.4) is 0 Å². The van der Waals surface area contributed by atoms with Crippen LogP contribution in [0.15, 0.2) is 30.5 Å². The molecule has 2 aliphatic rings. The number of nitrogens with two attached hydrogens (primary N) is 1. The molecular formula is C25H33N7O. The van der Waals surface area contributed by atoms with Gasteiger partial charge in [-0.15, -0.1) is 0 Å². The van der Waals surface area contributed by atoms with E-state index in [2.05, 4.69) is 27.1 Å². The number of aromatic nitrogens is 3. The number of benzene rings is 1. The van der Waals surface area contributed by atoms with Crippen LogP contribution in [0.2, 0.25) is 0 Å². The van der Waals surface area contributed by atoms with E-state index in [1.54, 1.807) is 6.20 Å². The van der Waals surface area contributed by atoms with E-state index in [9.17, 15) is 4.79 Å². The van der Waals surface area contributed by atoms with Crippen LogP contribution in [-0.4, -0.2) is 70.9 Å². The van der Waals surface area contributed by atoms with Gasteiger partial charge in [0.1, 0.15) is 11.5 Å². The molecule has 1 aliphatic carbocycles. The zero-order valence-electron chi connectivity index (χ0n) is 19.5. The summed E-state index contributed by atoms with van der Waals surface area (Å²) in [7, 11) is 2.14. The molecule has 0 radical (unpaired) electrons. The number of nitrogens with one attached hydrogen (secondary N) is 2. The van der Waals surface area contributed by atoms with E-state index in [1.165, 1.54) is 0 Å². The van der Waals surface area contributed by atoms with Gasteiger partial charge in [-0.2, -0.15) is 9.97 Å². The lowest BCUT2D eigenvalue weighted by Crippen LogP contribution is -2.45. The molecular weight excluding hydrogens is 414 g/mol. The van der Waals surface area contributed by atoms with Crippen LogP contribution < -0.4 is 16.0 Å². The lowest BCUT2D eigenvalue weighted by molar-refractivity contribution is 0.103. The first-order valence-electron chi connectivity index (χ1n) is 11.9. The van der Waals surface area contributed by atoms with Crippen molar-refractivity contribution in [1.29, 1.82) is 0 Å². The third kappa shape index (κ3) is 4.45. The van der Waals surface area contributed by atoms with Gasteiger partial charge >= 0.3 is 0 Å². The number of hydrogen-bond donors (Lipinski definition) is 3. The van der Waals surface area contributed by atoms with Crippen LogP contribution in [0.4, 0.5) is 11.8 Å². The van der Waals surface area contributed by atoms with Crippen molar-refractivity contribution in [1.82, 2.24) is 19.9 Å². The van der Waals surface area contributed by atoms with Crippen molar-refractivity contribution >= 4 is 28.6 Å². The van der Waals surface area contributed by atoms with Crippen molar-refractivity contribution in [2.24, 2.45) is 5.73 Å². The highest BCUT2D eigenvalue weighted by atomic mass is 16.1. The third-order valence-corrected chi connectivity index (χ3v) is 7.05. The van der Waals surface area contributed by atoms with Crippen LogP contribution in [0.1, 0.15) is 47.2 Å². The Kier molecular flexibility index (Phi) is 6.03. The Hall–Kier alpha value is -2.97. The monoisotopic (exact) mass is 447 g/mol. The van der Waals surface area contributed by atoms with Crippen molar-refractivity contribution in [3.63, 3.8) is 0 Å². The van der Waals surface area contributed by atoms with Crippen molar-refractivity contribution in [2.75, 3.05) is 43.4 Å². The molecule has 0 unspecified atom stereocenters. The fourth-order valence-corrected chi connectivity index (χ4v) is 4.88. The fraction of sp³-hybridized carbons (Fsp3) is 0.480. The molecule has 0 spiro atoms. The Balaban J connectivity index is 1.55. The molecule has 3 heterocycles. The molecule has 5 rings (SSSR count). The van der Waals surface area contributed by atoms with Crippen LogP contribution in [0.5, 0.6) is 0 Å². The molecule has 1 aromatic carbocycles. The molecule has 8 heteroatoms. The molecule has 0 bridgehead atoms. The van der Waals surface area contributed by atoms with Crippen molar-refractivity contribution in [2.45, 2.75) is 44.7 Å². The Morgan fingerprint density at radius 2 is 1.79 bits per heavy atom. The van der Waals surface area contributed by atoms with Gasteiger partial charge < -0.3 is 25.8 Å². The molecule has 2 fully saturated rings. The van der Waals surface area contributed by atoms with E-state index >= 15 is 0 Å². The molecule has 8 nitrogen and oxygen atoms in total. The summed E-state index contributed by atoms with van der Waals surface area (Å²) in [5, 5.41) is 4.44. The number of fused-ring (bicyclic) bond motifs is 1. The number of nitrogens with zero attached hydrogens (tertiary/aromatic N) is 4. The number of hydrogen-bond acceptors (Lipinski definition) is 7. The van der Waals surface area contributed by atoms with Crippen molar-refractivity contribution in [3.05, 3.63) is 47.2 Å². The minimum atomic E-state index is -0.0102. The third-order valence-electron chi connectivity index (χ3n) is 7.05. The highest BCUT2D eigenvalue weighted by Crippen LogP contribution is 2.31. The van der Waals surface area contributed by atoms with Gasteiger partial charge in [-0.3, -0.25) is 4.79 Å². The predicted octanol–water partition coefficient (Wildman–Crippen LogP) is 2.93. The first-order chi connectivity index (χ1) is 16.0. The second kappa shape index (κ2) is 9.11. The second-order valence-electron chi connectivity index (χ2n) is 9.49. The molecule has 4 N–H and O–H groups in total. The summed E-state index contributed by atoms with van der Waals surface area (Å²) >= 11 is 0. The number of carbonyl (C=O) groups is 1. The number of piperazine rings is 1. The molecule has 33 heavy (non-hydrogen) atoms. The molecule has 3 aromatic rings. The minimum absolute atomic E-state index is 0.0102. The molecule has 174 valence electrons. The molecule has 1 saturated heterocycles. The Morgan fingerprint density at radius 3 is 2.52 bits per heavy atom. The van der Waals surface area contributed by atoms with Crippen LogP contribution in [0.25, 0.3) is 11.0 Å². The summed E-state index contributed by atoms with van der Waals surface area (Å²) in [5.41, 5.74) is 9.10. The van der Waals surface area contributed by atoms with E-state index in [0.29, 0.717) is 28.8 Å². The standard InChI is InChI=1S/C25H33N7O/c1-16-5-3-4-6-19(16)22(33)20-15-27-23-21(20)24(28-18-9-7-17(26)8-10-18)30-25(29-23)32-13-11-31(2)12-14-32/h3-6,15,17-18H,7-14,26H2,1-2H3,(H2,27,28,29,30)/t17-,18+. The maximum absolute atomic E-state index is 13.5. The first-order valence-corrected chi connectivity index (χ1v) is 11.9. The average Bonchev–Trinajstić information content (AvgIpc) is 3.25. The van der Waals surface area contributed by atoms with E-state index < -0.39 is 0 Å². The molecule has 1 saturated carbocycles. The smallest absolute Gasteiger partial charge is 0.229 e. The van der Waals surface area contributed by atoms with Crippen LogP contribution in [0, 0.1) is 6.92 Å². The molecule has 0 amide bonds. The van der Waals surface area contributed by atoms with Gasteiger partial charge in [0.15, 0.2) is 5.78 Å². The van der Waals surface area contributed by atoms with E-state index in [4.69, 9.17) is 15.7 Å². The van der Waals surface area contributed by atoms with E-state index in [-0.39, 0.29) is 11.8 Å². The van der Waals surface area contributed by atoms with Gasteiger partial charge in [0.05, 0.1) is 10.9 Å². The lowest BCUT2D eigenvalue weighted by Gasteiger charge is -2.33. The van der Waals surface area contributed by atoms with Gasteiger partial charge in [0.2, 0.25) is 5.95 Å². The Bertz CT molecular complexity index is 1140. The van der Waals surface area contributed by atoms with E-state index in [0.717, 1.165) is 68.6 Å². The summed E-state index contributed by atoms with van der Waals surface area (Å²) < 4.78 is 0. The van der Waals surface area contributed by atoms with E-state index in [1.807, 2.05) is 31.2 Å². The summed E-state index contributed by atoms with van der Waals surface area (Å²) in [6, 6.07) is 8.27. The van der Waals surface area contributed by atoms with Crippen LogP contribution >= 0.6 is 0 Å². The lowest BCUT2D eigenvalue weighted by atomic mass is 9.91. The zero-order valence-corrected chi connectivity index (χ0v) is 19.5. The zero-order chi connectivity index (χ0) is 22.9. The number of aromatic amines is 1. The van der Waals surface area contributed by atoms with Crippen LogP contribution in [-0.2, 0) is 0 Å². The highest BCUT2D eigenvalue weighted by molar-refractivity contribution is 6.18. The fourth-order valence-electron chi connectivity index (χ4n) is 4.88. The van der Waals surface area contributed by atoms with Gasteiger partial charge in [0.25, 0.3) is 0 Å². The van der Waals surface area contributed by atoms with Crippen molar-refractivity contribution in [3.8, 4) is 0 Å². The number of rotatable bonds is 5. The topological polar surface area (TPSA) is 103 Å². The normalized spacial score (nSPS) is 22.0.